The van der Waals surface area contributed by atoms with Gasteiger partial charge in [0.25, 0.3) is 0 Å². The molecule has 1 rings (SSSR count). The molecule has 1 aliphatic carbocycles. The van der Waals surface area contributed by atoms with Gasteiger partial charge in [0.05, 0.1) is 5.92 Å². The minimum absolute atomic E-state index is 0.0814. The van der Waals surface area contributed by atoms with Gasteiger partial charge in [0.2, 0.25) is 11.8 Å². The number of nitrogens with two attached hydrogens (primary N) is 1. The van der Waals surface area contributed by atoms with E-state index in [0.29, 0.717) is 12.5 Å². The Kier molecular flexibility index (Phi) is 6.28. The molecule has 4 atom stereocenters. The largest absolute Gasteiger partial charge is 0.354 e. The molecular weight excluding hydrogens is 242 g/mol. The van der Waals surface area contributed by atoms with Crippen molar-refractivity contribution in [2.75, 3.05) is 6.54 Å². The van der Waals surface area contributed by atoms with Crippen LogP contribution in [-0.2, 0) is 9.59 Å². The zero-order chi connectivity index (χ0) is 14.4. The second-order valence-corrected chi connectivity index (χ2v) is 5.71. The Morgan fingerprint density at radius 3 is 2.68 bits per heavy atom. The van der Waals surface area contributed by atoms with Crippen LogP contribution in [-0.4, -0.2) is 30.4 Å². The van der Waals surface area contributed by atoms with Gasteiger partial charge in [0.15, 0.2) is 0 Å². The molecule has 0 heterocycles. The van der Waals surface area contributed by atoms with E-state index in [-0.39, 0.29) is 23.8 Å². The lowest BCUT2D eigenvalue weighted by molar-refractivity contribution is -0.132. The summed E-state index contributed by atoms with van der Waals surface area (Å²) in [5, 5.41) is 5.55. The van der Waals surface area contributed by atoms with Crippen LogP contribution in [0.4, 0.5) is 0 Å². The highest BCUT2D eigenvalue weighted by Gasteiger charge is 2.32. The molecule has 0 aromatic carbocycles. The van der Waals surface area contributed by atoms with E-state index >= 15 is 0 Å². The fourth-order valence-electron chi connectivity index (χ4n) is 2.49. The van der Waals surface area contributed by atoms with Gasteiger partial charge in [-0.2, -0.15) is 0 Å². The molecule has 19 heavy (non-hydrogen) atoms. The molecule has 0 aromatic heterocycles. The van der Waals surface area contributed by atoms with Crippen molar-refractivity contribution in [2.45, 2.75) is 58.5 Å². The van der Waals surface area contributed by atoms with Crippen molar-refractivity contribution in [3.05, 3.63) is 0 Å². The van der Waals surface area contributed by atoms with Gasteiger partial charge in [-0.25, -0.2) is 0 Å². The molecule has 0 radical (unpaired) electrons. The van der Waals surface area contributed by atoms with Crippen molar-refractivity contribution in [1.82, 2.24) is 10.6 Å². The molecule has 0 saturated heterocycles. The van der Waals surface area contributed by atoms with E-state index in [0.717, 1.165) is 25.7 Å². The van der Waals surface area contributed by atoms with E-state index in [1.54, 1.807) is 6.92 Å². The highest BCUT2D eigenvalue weighted by Crippen LogP contribution is 2.28. The number of hydrogen-bond acceptors (Lipinski definition) is 3. The summed E-state index contributed by atoms with van der Waals surface area (Å²) < 4.78 is 0. The molecule has 2 amide bonds. The summed E-state index contributed by atoms with van der Waals surface area (Å²) in [5.41, 5.74) is 6.01. The first-order chi connectivity index (χ1) is 8.95. The Balaban J connectivity index is 2.46. The molecule has 1 aliphatic rings. The Morgan fingerprint density at radius 1 is 1.37 bits per heavy atom. The lowest BCUT2D eigenvalue weighted by Gasteiger charge is -2.32. The minimum atomic E-state index is -0.497. The maximum atomic E-state index is 12.2. The average molecular weight is 269 g/mol. The number of carbonyl (C=O) groups is 2. The van der Waals surface area contributed by atoms with Crippen molar-refractivity contribution in [2.24, 2.45) is 17.6 Å². The summed E-state index contributed by atoms with van der Waals surface area (Å²) in [7, 11) is 0. The Morgan fingerprint density at radius 2 is 2.05 bits per heavy atom. The van der Waals surface area contributed by atoms with E-state index in [4.69, 9.17) is 5.73 Å². The van der Waals surface area contributed by atoms with Crippen molar-refractivity contribution in [3.63, 3.8) is 0 Å². The van der Waals surface area contributed by atoms with E-state index in [1.807, 2.05) is 6.92 Å². The topological polar surface area (TPSA) is 84.2 Å². The summed E-state index contributed by atoms with van der Waals surface area (Å²) in [5.74, 6) is 0.149. The van der Waals surface area contributed by atoms with Crippen LogP contribution < -0.4 is 16.4 Å². The summed E-state index contributed by atoms with van der Waals surface area (Å²) in [6.45, 7) is 6.48. The molecule has 1 saturated carbocycles. The molecule has 1 fully saturated rings. The SMILES string of the molecule is CCCNC(=O)C(C)NC(=O)C1CC(C)CCC1N. The second kappa shape index (κ2) is 7.48. The van der Waals surface area contributed by atoms with Gasteiger partial charge >= 0.3 is 0 Å². The molecule has 5 heteroatoms. The molecule has 0 aliphatic heterocycles. The number of carbonyl (C=O) groups excluding carboxylic acids is 2. The van der Waals surface area contributed by atoms with E-state index in [1.165, 1.54) is 0 Å². The number of rotatable bonds is 5. The molecule has 0 bridgehead atoms. The van der Waals surface area contributed by atoms with Crippen molar-refractivity contribution >= 4 is 11.8 Å². The van der Waals surface area contributed by atoms with Crippen LogP contribution in [0.15, 0.2) is 0 Å². The van der Waals surface area contributed by atoms with Gasteiger partial charge < -0.3 is 16.4 Å². The van der Waals surface area contributed by atoms with Gasteiger partial charge in [-0.3, -0.25) is 9.59 Å². The lowest BCUT2D eigenvalue weighted by atomic mass is 9.78. The monoisotopic (exact) mass is 269 g/mol. The maximum absolute atomic E-state index is 12.2. The Hall–Kier alpha value is -1.10. The molecule has 5 nitrogen and oxygen atoms in total. The van der Waals surface area contributed by atoms with Gasteiger partial charge in [0.1, 0.15) is 6.04 Å². The zero-order valence-electron chi connectivity index (χ0n) is 12.2. The fraction of sp³-hybridized carbons (Fsp3) is 0.857. The fourth-order valence-corrected chi connectivity index (χ4v) is 2.49. The summed E-state index contributed by atoms with van der Waals surface area (Å²) >= 11 is 0. The van der Waals surface area contributed by atoms with E-state index in [2.05, 4.69) is 17.6 Å². The number of nitrogens with one attached hydrogen (secondary N) is 2. The minimum Gasteiger partial charge on any atom is -0.354 e. The van der Waals surface area contributed by atoms with Crippen LogP contribution in [0.25, 0.3) is 0 Å². The molecule has 110 valence electrons. The van der Waals surface area contributed by atoms with E-state index < -0.39 is 6.04 Å². The third kappa shape index (κ3) is 4.82. The third-order valence-electron chi connectivity index (χ3n) is 3.80. The van der Waals surface area contributed by atoms with E-state index in [9.17, 15) is 9.59 Å². The van der Waals surface area contributed by atoms with Crippen molar-refractivity contribution in [3.8, 4) is 0 Å². The standard InChI is InChI=1S/C14H27N3O2/c1-4-7-16-13(18)10(3)17-14(19)11-8-9(2)5-6-12(11)15/h9-12H,4-8,15H2,1-3H3,(H,16,18)(H,17,19). The summed E-state index contributed by atoms with van der Waals surface area (Å²) in [4.78, 5) is 23.9. The zero-order valence-corrected chi connectivity index (χ0v) is 12.2. The Bertz CT molecular complexity index is 320. The predicted octanol–water partition coefficient (Wildman–Crippen LogP) is 0.781. The molecule has 0 spiro atoms. The first-order valence-electron chi connectivity index (χ1n) is 7.29. The van der Waals surface area contributed by atoms with Gasteiger partial charge in [-0.1, -0.05) is 13.8 Å². The third-order valence-corrected chi connectivity index (χ3v) is 3.80. The van der Waals surface area contributed by atoms with Gasteiger partial charge in [0, 0.05) is 12.6 Å². The average Bonchev–Trinajstić information content (AvgIpc) is 2.38. The predicted molar refractivity (Wildman–Crippen MR) is 75.4 cm³/mol. The molecular formula is C14H27N3O2. The van der Waals surface area contributed by atoms with Crippen LogP contribution in [0.1, 0.15) is 46.5 Å². The first-order valence-corrected chi connectivity index (χ1v) is 7.29. The Labute approximate surface area is 115 Å². The smallest absolute Gasteiger partial charge is 0.242 e. The quantitative estimate of drug-likeness (QED) is 0.689. The van der Waals surface area contributed by atoms with Crippen LogP contribution in [0.2, 0.25) is 0 Å². The van der Waals surface area contributed by atoms with Crippen LogP contribution in [0.5, 0.6) is 0 Å². The van der Waals surface area contributed by atoms with Gasteiger partial charge in [-0.15, -0.1) is 0 Å². The van der Waals surface area contributed by atoms with Crippen molar-refractivity contribution < 1.29 is 9.59 Å². The summed E-state index contributed by atoms with van der Waals surface area (Å²) in [6, 6.07) is -0.578. The molecule has 0 aromatic rings. The molecule has 4 unspecified atom stereocenters. The highest BCUT2D eigenvalue weighted by atomic mass is 16.2. The number of hydrogen-bond donors (Lipinski definition) is 3. The van der Waals surface area contributed by atoms with Crippen molar-refractivity contribution in [1.29, 1.82) is 0 Å². The van der Waals surface area contributed by atoms with Crippen LogP contribution >= 0.6 is 0 Å². The summed E-state index contributed by atoms with van der Waals surface area (Å²) in [6.07, 6.45) is 3.67. The van der Waals surface area contributed by atoms with Crippen LogP contribution in [0.3, 0.4) is 0 Å². The molecule has 4 N–H and O–H groups in total. The number of amides is 2. The highest BCUT2D eigenvalue weighted by molar-refractivity contribution is 5.88. The normalized spacial score (nSPS) is 28.5. The maximum Gasteiger partial charge on any atom is 0.242 e. The lowest BCUT2D eigenvalue weighted by Crippen LogP contribution is -2.51. The van der Waals surface area contributed by atoms with Gasteiger partial charge in [-0.05, 0) is 38.5 Å². The second-order valence-electron chi connectivity index (χ2n) is 5.71. The van der Waals surface area contributed by atoms with Crippen LogP contribution in [0, 0.1) is 11.8 Å². The first kappa shape index (κ1) is 16.0.